The molecule has 3 aromatic carbocycles. The van der Waals surface area contributed by atoms with Gasteiger partial charge in [-0.3, -0.25) is 4.18 Å². The molecule has 3 aromatic rings. The third-order valence-electron chi connectivity index (χ3n) is 7.06. The van der Waals surface area contributed by atoms with Gasteiger partial charge in [0, 0.05) is 19.1 Å². The summed E-state index contributed by atoms with van der Waals surface area (Å²) in [5, 5.41) is 2.79. The minimum atomic E-state index is -3.76. The maximum Gasteiger partial charge on any atom is 0.407 e. The molecule has 0 aromatic heterocycles. The van der Waals surface area contributed by atoms with Gasteiger partial charge in [0.1, 0.15) is 6.61 Å². The van der Waals surface area contributed by atoms with Crippen LogP contribution in [0.2, 0.25) is 0 Å². The number of ether oxygens (including phenoxy) is 6. The number of nitrogens with one attached hydrogen (secondary N) is 1. The molecular weight excluding hydrogens is 614 g/mol. The van der Waals surface area contributed by atoms with Gasteiger partial charge in [0.15, 0.2) is 0 Å². The maximum absolute atomic E-state index is 12.2. The van der Waals surface area contributed by atoms with Gasteiger partial charge in [-0.2, -0.15) is 8.42 Å². The fourth-order valence-electron chi connectivity index (χ4n) is 4.85. The summed E-state index contributed by atoms with van der Waals surface area (Å²) < 4.78 is 61.7. The van der Waals surface area contributed by atoms with E-state index in [2.05, 4.69) is 29.6 Å². The van der Waals surface area contributed by atoms with Gasteiger partial charge < -0.3 is 33.7 Å². The Morgan fingerprint density at radius 3 is 1.59 bits per heavy atom. The van der Waals surface area contributed by atoms with Crippen LogP contribution in [0.3, 0.4) is 0 Å². The van der Waals surface area contributed by atoms with Gasteiger partial charge in [-0.1, -0.05) is 66.7 Å². The molecule has 4 rings (SSSR count). The Kier molecular flexibility index (Phi) is 15.4. The molecule has 0 heterocycles. The third-order valence-corrected chi connectivity index (χ3v) is 8.39. The van der Waals surface area contributed by atoms with E-state index >= 15 is 0 Å². The van der Waals surface area contributed by atoms with Crippen molar-refractivity contribution in [2.45, 2.75) is 17.2 Å². The molecule has 0 spiro atoms. The molecule has 0 fully saturated rings. The van der Waals surface area contributed by atoms with Gasteiger partial charge in [0.25, 0.3) is 10.1 Å². The molecule has 0 unspecified atom stereocenters. The van der Waals surface area contributed by atoms with E-state index in [9.17, 15) is 13.2 Å². The van der Waals surface area contributed by atoms with Gasteiger partial charge in [-0.15, -0.1) is 0 Å². The maximum atomic E-state index is 12.2. The number of benzene rings is 3. The number of rotatable bonds is 23. The first kappa shape index (κ1) is 35.5. The Balaban J connectivity index is 0.880. The predicted octanol–water partition coefficient (Wildman–Crippen LogP) is 4.40. The number of amides is 1. The number of fused-ring (bicyclic) bond motifs is 3. The molecule has 250 valence electrons. The van der Waals surface area contributed by atoms with Crippen molar-refractivity contribution in [1.29, 1.82) is 0 Å². The predicted molar refractivity (Wildman–Crippen MR) is 171 cm³/mol. The number of carbonyl (C=O) groups is 1. The third kappa shape index (κ3) is 11.8. The molecular formula is C34H43NO10S. The van der Waals surface area contributed by atoms with Crippen molar-refractivity contribution in [1.82, 2.24) is 5.32 Å². The van der Waals surface area contributed by atoms with Crippen LogP contribution in [0.15, 0.2) is 83.8 Å². The van der Waals surface area contributed by atoms with Gasteiger partial charge in [-0.25, -0.2) is 4.79 Å². The molecule has 12 heteroatoms. The van der Waals surface area contributed by atoms with E-state index in [4.69, 9.17) is 32.6 Å². The minimum absolute atomic E-state index is 0.0419. The Labute approximate surface area is 271 Å². The van der Waals surface area contributed by atoms with Crippen LogP contribution >= 0.6 is 0 Å². The average molecular weight is 658 g/mol. The summed E-state index contributed by atoms with van der Waals surface area (Å²) in [4.78, 5) is 12.3. The highest BCUT2D eigenvalue weighted by atomic mass is 32.2. The van der Waals surface area contributed by atoms with Crippen LogP contribution in [0.5, 0.6) is 0 Å². The quantitative estimate of drug-likeness (QED) is 0.116. The molecule has 0 atom stereocenters. The van der Waals surface area contributed by atoms with Crippen LogP contribution in [0, 0.1) is 0 Å². The van der Waals surface area contributed by atoms with Gasteiger partial charge >= 0.3 is 6.09 Å². The monoisotopic (exact) mass is 657 g/mol. The summed E-state index contributed by atoms with van der Waals surface area (Å²) in [6.45, 7) is 4.67. The highest BCUT2D eigenvalue weighted by molar-refractivity contribution is 7.86. The summed E-state index contributed by atoms with van der Waals surface area (Å²) >= 11 is 0. The van der Waals surface area contributed by atoms with E-state index in [1.807, 2.05) is 24.3 Å². The van der Waals surface area contributed by atoms with Crippen LogP contribution in [-0.2, 0) is 42.7 Å². The van der Waals surface area contributed by atoms with Crippen molar-refractivity contribution in [3.05, 3.63) is 90.0 Å². The Morgan fingerprint density at radius 1 is 0.587 bits per heavy atom. The normalized spacial score (nSPS) is 12.5. The molecule has 1 N–H and O–H groups in total. The van der Waals surface area contributed by atoms with Gasteiger partial charge in [-0.05, 0) is 40.8 Å². The second kappa shape index (κ2) is 20.0. The fraction of sp³-hybridized carbons (Fsp3) is 0.441. The smallest absolute Gasteiger partial charge is 0.407 e. The fourth-order valence-corrected chi connectivity index (χ4v) is 5.77. The molecule has 0 aliphatic heterocycles. The lowest BCUT2D eigenvalue weighted by Gasteiger charge is -2.14. The summed E-state index contributed by atoms with van der Waals surface area (Å²) in [7, 11) is -3.76. The molecule has 0 saturated carbocycles. The molecule has 0 radical (unpaired) electrons. The standard InChI is InChI=1S/C34H43NO10S/c36-34(44-27-33-31-13-6-4-11-29(31)30-12-5-7-14-32(30)33)35-15-8-16-39-17-18-40-19-20-41-21-22-42-23-24-43-25-26-45-46(37,38)28-9-2-1-3-10-28/h1-7,9-14,33H,8,15-27H2,(H,35,36). The first-order chi connectivity index (χ1) is 22.6. The molecule has 11 nitrogen and oxygen atoms in total. The van der Waals surface area contributed by atoms with Gasteiger partial charge in [0.2, 0.25) is 0 Å². The molecule has 1 amide bonds. The lowest BCUT2D eigenvalue weighted by Crippen LogP contribution is -2.27. The summed E-state index contributed by atoms with van der Waals surface area (Å²) in [6.07, 6.45) is 0.242. The second-order valence-corrected chi connectivity index (χ2v) is 11.9. The van der Waals surface area contributed by atoms with Crippen molar-refractivity contribution >= 4 is 16.2 Å². The highest BCUT2D eigenvalue weighted by Gasteiger charge is 2.28. The van der Waals surface area contributed by atoms with Gasteiger partial charge in [0.05, 0.1) is 71.0 Å². The summed E-state index contributed by atoms with van der Waals surface area (Å²) in [5.74, 6) is 0.0419. The second-order valence-electron chi connectivity index (χ2n) is 10.3. The van der Waals surface area contributed by atoms with Crippen molar-refractivity contribution in [3.8, 4) is 11.1 Å². The SMILES string of the molecule is O=C(NCCCOCCOCCOCCOCCOCCOS(=O)(=O)c1ccccc1)OCC1c2ccccc2-c2ccccc21. The topological polar surface area (TPSA) is 128 Å². The van der Waals surface area contributed by atoms with Crippen molar-refractivity contribution in [2.75, 3.05) is 85.8 Å². The molecule has 0 bridgehead atoms. The molecule has 1 aliphatic rings. The first-order valence-corrected chi connectivity index (χ1v) is 16.9. The number of alkyl carbamates (subject to hydrolysis) is 1. The lowest BCUT2D eigenvalue weighted by molar-refractivity contribution is -0.0126. The van der Waals surface area contributed by atoms with E-state index in [0.717, 1.165) is 0 Å². The van der Waals surface area contributed by atoms with Crippen molar-refractivity contribution in [3.63, 3.8) is 0 Å². The molecule has 46 heavy (non-hydrogen) atoms. The lowest BCUT2D eigenvalue weighted by atomic mass is 9.98. The Bertz CT molecular complexity index is 1370. The number of hydrogen-bond donors (Lipinski definition) is 1. The molecule has 0 saturated heterocycles. The van der Waals surface area contributed by atoms with Crippen LogP contribution < -0.4 is 5.32 Å². The van der Waals surface area contributed by atoms with Crippen LogP contribution in [0.25, 0.3) is 11.1 Å². The van der Waals surface area contributed by atoms with Crippen molar-refractivity contribution in [2.24, 2.45) is 0 Å². The largest absolute Gasteiger partial charge is 0.449 e. The summed E-state index contributed by atoms with van der Waals surface area (Å²) in [5.41, 5.74) is 4.78. The Morgan fingerprint density at radius 2 is 1.04 bits per heavy atom. The Hall–Kier alpha value is -3.36. The minimum Gasteiger partial charge on any atom is -0.449 e. The zero-order valence-corrected chi connectivity index (χ0v) is 26.8. The number of hydrogen-bond acceptors (Lipinski definition) is 10. The first-order valence-electron chi connectivity index (χ1n) is 15.5. The number of carbonyl (C=O) groups excluding carboxylic acids is 1. The average Bonchev–Trinajstić information content (AvgIpc) is 3.40. The highest BCUT2D eigenvalue weighted by Crippen LogP contribution is 2.44. The van der Waals surface area contributed by atoms with Crippen LogP contribution in [0.4, 0.5) is 4.79 Å². The summed E-state index contributed by atoms with van der Waals surface area (Å²) in [6, 6.07) is 24.5. The van der Waals surface area contributed by atoms with E-state index in [1.165, 1.54) is 34.4 Å². The zero-order chi connectivity index (χ0) is 32.3. The van der Waals surface area contributed by atoms with E-state index in [0.29, 0.717) is 79.0 Å². The van der Waals surface area contributed by atoms with E-state index in [-0.39, 0.29) is 24.0 Å². The van der Waals surface area contributed by atoms with Crippen molar-refractivity contribution < 1.29 is 45.8 Å². The van der Waals surface area contributed by atoms with E-state index in [1.54, 1.807) is 18.2 Å². The van der Waals surface area contributed by atoms with Crippen LogP contribution in [-0.4, -0.2) is 100 Å². The zero-order valence-electron chi connectivity index (χ0n) is 26.0. The van der Waals surface area contributed by atoms with Crippen LogP contribution in [0.1, 0.15) is 23.5 Å². The van der Waals surface area contributed by atoms with E-state index < -0.39 is 16.2 Å². The molecule has 1 aliphatic carbocycles.